The third kappa shape index (κ3) is 8.59. The highest BCUT2D eigenvalue weighted by Crippen LogP contribution is 2.43. The Labute approximate surface area is 288 Å². The van der Waals surface area contributed by atoms with E-state index in [2.05, 4.69) is 33.8 Å². The second kappa shape index (κ2) is 16.0. The molecule has 11 nitrogen and oxygen atoms in total. The van der Waals surface area contributed by atoms with Crippen LogP contribution in [0.4, 0.5) is 0 Å². The third-order valence-corrected chi connectivity index (χ3v) is 9.42. The van der Waals surface area contributed by atoms with Gasteiger partial charge in [0.1, 0.15) is 0 Å². The molecule has 1 saturated heterocycles. The molecule has 6 rings (SSSR count). The summed E-state index contributed by atoms with van der Waals surface area (Å²) in [6.45, 7) is 2.38. The lowest BCUT2D eigenvalue weighted by atomic mass is 9.91. The molecule has 1 amide bonds. The van der Waals surface area contributed by atoms with Crippen LogP contribution < -0.4 is 5.32 Å². The Morgan fingerprint density at radius 3 is 2.37 bits per heavy atom. The Hall–Kier alpha value is -4.88. The zero-order valence-corrected chi connectivity index (χ0v) is 27.7. The van der Waals surface area contributed by atoms with Gasteiger partial charge in [-0.2, -0.15) is 4.68 Å². The number of aliphatic hydroxyl groups excluding tert-OH is 1. The van der Waals surface area contributed by atoms with Crippen molar-refractivity contribution in [2.24, 2.45) is 5.92 Å². The van der Waals surface area contributed by atoms with Crippen LogP contribution in [0.15, 0.2) is 108 Å². The number of carbonyl (C=O) groups excluding carboxylic acids is 1. The Morgan fingerprint density at radius 1 is 0.857 bits per heavy atom. The van der Waals surface area contributed by atoms with Crippen LogP contribution in [0.2, 0.25) is 0 Å². The minimum Gasteiger partial charge on any atom is -0.481 e. The number of hydrogen-bond acceptors (Lipinski definition) is 9. The number of rotatable bonds is 13. The van der Waals surface area contributed by atoms with Crippen molar-refractivity contribution in [3.63, 3.8) is 0 Å². The first kappa shape index (κ1) is 34.0. The van der Waals surface area contributed by atoms with Gasteiger partial charge in [0.15, 0.2) is 6.29 Å². The summed E-state index contributed by atoms with van der Waals surface area (Å²) in [7, 11) is 0. The number of thioether (sulfide) groups is 1. The number of carboxylic acid groups (broad SMARTS) is 1. The first-order valence-electron chi connectivity index (χ1n) is 16.0. The molecule has 0 saturated carbocycles. The highest BCUT2D eigenvalue weighted by atomic mass is 32.2. The number of carbonyl (C=O) groups is 2. The van der Waals surface area contributed by atoms with Gasteiger partial charge in [-0.3, -0.25) is 9.59 Å². The van der Waals surface area contributed by atoms with Gasteiger partial charge in [-0.05, 0) is 62.5 Å². The number of aromatic nitrogens is 4. The van der Waals surface area contributed by atoms with Gasteiger partial charge in [0.25, 0.3) is 0 Å². The van der Waals surface area contributed by atoms with Crippen molar-refractivity contribution in [1.29, 1.82) is 0 Å². The lowest BCUT2D eigenvalue weighted by molar-refractivity contribution is -0.268. The van der Waals surface area contributed by atoms with Gasteiger partial charge in [-0.1, -0.05) is 97.5 Å². The number of hydrogen-bond donors (Lipinski definition) is 3. The van der Waals surface area contributed by atoms with Crippen molar-refractivity contribution in [3.8, 4) is 16.8 Å². The molecule has 1 aromatic heterocycles. The molecular weight excluding hydrogens is 643 g/mol. The smallest absolute Gasteiger partial charge is 0.303 e. The molecule has 1 fully saturated rings. The number of benzene rings is 4. The van der Waals surface area contributed by atoms with Crippen LogP contribution in [-0.2, 0) is 32.2 Å². The molecule has 0 aliphatic carbocycles. The highest BCUT2D eigenvalue weighted by Gasteiger charge is 2.38. The van der Waals surface area contributed by atoms with Crippen LogP contribution in [0, 0.1) is 5.92 Å². The summed E-state index contributed by atoms with van der Waals surface area (Å²) < 4.78 is 15.1. The van der Waals surface area contributed by atoms with Crippen molar-refractivity contribution >= 4 is 23.6 Å². The van der Waals surface area contributed by atoms with Crippen LogP contribution >= 0.6 is 11.8 Å². The van der Waals surface area contributed by atoms with Crippen molar-refractivity contribution in [2.45, 2.75) is 56.6 Å². The molecule has 4 aromatic carbocycles. The van der Waals surface area contributed by atoms with Gasteiger partial charge in [0.05, 0.1) is 30.9 Å². The van der Waals surface area contributed by atoms with E-state index in [1.807, 2.05) is 97.1 Å². The lowest BCUT2D eigenvalue weighted by Crippen LogP contribution is -2.38. The predicted octanol–water partition coefficient (Wildman–Crippen LogP) is 5.89. The van der Waals surface area contributed by atoms with Gasteiger partial charge in [-0.25, -0.2) is 0 Å². The van der Waals surface area contributed by atoms with Crippen molar-refractivity contribution in [2.75, 3.05) is 5.75 Å². The summed E-state index contributed by atoms with van der Waals surface area (Å²) in [6.07, 6.45) is -1.43. The monoisotopic (exact) mass is 679 g/mol. The number of para-hydroxylation sites is 1. The normalized spacial score (nSPS) is 19.0. The molecule has 0 radical (unpaired) electrons. The largest absolute Gasteiger partial charge is 0.481 e. The molecule has 1 aliphatic heterocycles. The van der Waals surface area contributed by atoms with Gasteiger partial charge >= 0.3 is 5.97 Å². The molecule has 0 spiro atoms. The fourth-order valence-electron chi connectivity index (χ4n) is 5.70. The molecule has 5 aromatic rings. The van der Waals surface area contributed by atoms with Crippen LogP contribution in [0.1, 0.15) is 54.4 Å². The zero-order valence-electron chi connectivity index (χ0n) is 26.9. The van der Waals surface area contributed by atoms with Crippen LogP contribution in [0.25, 0.3) is 16.8 Å². The van der Waals surface area contributed by atoms with E-state index in [1.165, 1.54) is 11.8 Å². The van der Waals surface area contributed by atoms with Crippen molar-refractivity contribution in [3.05, 3.63) is 125 Å². The molecule has 0 unspecified atom stereocenters. The topological polar surface area (TPSA) is 149 Å². The van der Waals surface area contributed by atoms with E-state index in [0.717, 1.165) is 39.1 Å². The second-order valence-electron chi connectivity index (χ2n) is 11.8. The summed E-state index contributed by atoms with van der Waals surface area (Å²) >= 11 is 1.53. The number of aliphatic hydroxyl groups is 1. The van der Waals surface area contributed by atoms with Crippen LogP contribution in [-0.4, -0.2) is 54.2 Å². The molecule has 2 heterocycles. The van der Waals surface area contributed by atoms with E-state index < -0.39 is 12.3 Å². The lowest BCUT2D eigenvalue weighted by Gasteiger charge is -2.41. The average molecular weight is 680 g/mol. The predicted molar refractivity (Wildman–Crippen MR) is 183 cm³/mol. The third-order valence-electron chi connectivity index (χ3n) is 8.42. The summed E-state index contributed by atoms with van der Waals surface area (Å²) in [5, 5.41) is 34.3. The number of carboxylic acids is 1. The van der Waals surface area contributed by atoms with Crippen molar-refractivity contribution < 1.29 is 29.3 Å². The SMILES string of the molecule is C[C@@H]1[C@H](CSc2nnnn2-c2ccccc2)O[C@H](c2cccc(-c3cccc(CNC(=O)CCC(=O)O)c3)c2)O[C@@H]1c1ccc(CO)cc1. The highest BCUT2D eigenvalue weighted by molar-refractivity contribution is 7.99. The maximum Gasteiger partial charge on any atom is 0.303 e. The maximum atomic E-state index is 12.1. The summed E-state index contributed by atoms with van der Waals surface area (Å²) in [4.78, 5) is 22.9. The number of nitrogens with zero attached hydrogens (tertiary/aromatic N) is 4. The van der Waals surface area contributed by atoms with Crippen LogP contribution in [0.3, 0.4) is 0 Å². The number of nitrogens with one attached hydrogen (secondary N) is 1. The first-order chi connectivity index (χ1) is 23.9. The number of tetrazole rings is 1. The molecule has 49 heavy (non-hydrogen) atoms. The molecular formula is C37H37N5O6S. The molecule has 12 heteroatoms. The molecule has 1 aliphatic rings. The molecule has 4 atom stereocenters. The number of ether oxygens (including phenoxy) is 2. The molecule has 252 valence electrons. The van der Waals surface area contributed by atoms with Crippen LogP contribution in [0.5, 0.6) is 0 Å². The number of aliphatic carboxylic acids is 1. The Kier molecular flexibility index (Phi) is 11.1. The Bertz CT molecular complexity index is 1870. The quantitative estimate of drug-likeness (QED) is 0.129. The molecule has 3 N–H and O–H groups in total. The van der Waals surface area contributed by atoms with E-state index in [0.29, 0.717) is 17.5 Å². The van der Waals surface area contributed by atoms with E-state index in [4.69, 9.17) is 14.6 Å². The Morgan fingerprint density at radius 2 is 1.61 bits per heavy atom. The first-order valence-corrected chi connectivity index (χ1v) is 17.0. The summed E-state index contributed by atoms with van der Waals surface area (Å²) in [6, 6.07) is 33.4. The van der Waals surface area contributed by atoms with Crippen molar-refractivity contribution in [1.82, 2.24) is 25.5 Å². The summed E-state index contributed by atoms with van der Waals surface area (Å²) in [5.74, 6) is -0.742. The Balaban J connectivity index is 1.22. The standard InChI is InChI=1S/C37H37N5O6S/c1-24-32(23-49-37-39-40-41-42(37)31-11-3-2-4-12-31)47-36(48-35(24)27-15-13-25(22-43)14-16-27)30-10-6-9-29(20-30)28-8-5-7-26(19-28)21-38-33(44)17-18-34(45)46/h2-16,19-20,24,32,35-36,43H,17-18,21-23H2,1H3,(H,38,44)(H,45,46)/t24-,32+,35+,36+/m1/s1. The minimum atomic E-state index is -1.00. The average Bonchev–Trinajstić information content (AvgIpc) is 3.62. The maximum absolute atomic E-state index is 12.1. The fraction of sp³-hybridized carbons (Fsp3) is 0.270. The minimum absolute atomic E-state index is 0.0182. The van der Waals surface area contributed by atoms with E-state index in [1.54, 1.807) is 4.68 Å². The van der Waals surface area contributed by atoms with Gasteiger partial charge in [-0.15, -0.1) is 5.10 Å². The summed E-state index contributed by atoms with van der Waals surface area (Å²) in [5.41, 5.74) is 6.37. The number of amides is 1. The van der Waals surface area contributed by atoms with Gasteiger partial charge < -0.3 is 25.0 Å². The van der Waals surface area contributed by atoms with Gasteiger partial charge in [0.2, 0.25) is 11.1 Å². The van der Waals surface area contributed by atoms with E-state index in [9.17, 15) is 14.7 Å². The fourth-order valence-corrected chi connectivity index (χ4v) is 6.76. The van der Waals surface area contributed by atoms with E-state index in [-0.39, 0.29) is 43.5 Å². The van der Waals surface area contributed by atoms with E-state index >= 15 is 0 Å². The molecule has 0 bridgehead atoms. The second-order valence-corrected chi connectivity index (χ2v) is 12.8. The zero-order chi connectivity index (χ0) is 34.2. The van der Waals surface area contributed by atoms with Gasteiger partial charge in [0, 0.05) is 30.2 Å².